The van der Waals surface area contributed by atoms with Crippen molar-refractivity contribution in [2.45, 2.75) is 24.0 Å². The standard InChI is InChI=1S/C25H29N3O4S2/c29-25(26-17-22-19-28(14-15-32-22)18-20-5-2-1-3-6-20)21-8-10-24(11-9-21)34(30,31)27-13-12-23-7-4-16-33-23/h1-11,16,22,27H,12-15,17-19H2,(H,26,29). The molecule has 0 saturated carbocycles. The highest BCUT2D eigenvalue weighted by Crippen LogP contribution is 2.13. The number of thiophene rings is 1. The van der Waals surface area contributed by atoms with Crippen LogP contribution < -0.4 is 10.0 Å². The van der Waals surface area contributed by atoms with Gasteiger partial charge in [-0.15, -0.1) is 11.3 Å². The third-order valence-electron chi connectivity index (χ3n) is 5.63. The van der Waals surface area contributed by atoms with Gasteiger partial charge in [-0.25, -0.2) is 13.1 Å². The fourth-order valence-corrected chi connectivity index (χ4v) is 5.57. The summed E-state index contributed by atoms with van der Waals surface area (Å²) in [5.41, 5.74) is 1.66. The van der Waals surface area contributed by atoms with Crippen molar-refractivity contribution < 1.29 is 17.9 Å². The molecule has 0 aliphatic carbocycles. The van der Waals surface area contributed by atoms with Crippen LogP contribution in [0.25, 0.3) is 0 Å². The summed E-state index contributed by atoms with van der Waals surface area (Å²) in [6, 6.07) is 20.2. The molecule has 1 aromatic heterocycles. The molecule has 1 atom stereocenters. The molecular weight excluding hydrogens is 470 g/mol. The molecular formula is C25H29N3O4S2. The Bertz CT molecular complexity index is 1150. The fraction of sp³-hybridized carbons (Fsp3) is 0.320. The Balaban J connectivity index is 1.24. The first kappa shape index (κ1) is 24.6. The minimum Gasteiger partial charge on any atom is -0.374 e. The molecule has 2 aromatic carbocycles. The largest absolute Gasteiger partial charge is 0.374 e. The lowest BCUT2D eigenvalue weighted by atomic mass is 10.2. The number of amides is 1. The smallest absolute Gasteiger partial charge is 0.251 e. The van der Waals surface area contributed by atoms with Gasteiger partial charge in [-0.3, -0.25) is 9.69 Å². The van der Waals surface area contributed by atoms with Gasteiger partial charge in [-0.1, -0.05) is 36.4 Å². The molecule has 2 heterocycles. The van der Waals surface area contributed by atoms with Crippen molar-refractivity contribution in [3.05, 3.63) is 88.1 Å². The molecule has 7 nitrogen and oxygen atoms in total. The number of benzene rings is 2. The third-order valence-corrected chi connectivity index (χ3v) is 8.05. The Kier molecular flexibility index (Phi) is 8.47. The van der Waals surface area contributed by atoms with E-state index in [9.17, 15) is 13.2 Å². The molecule has 1 saturated heterocycles. The number of carbonyl (C=O) groups is 1. The molecule has 1 fully saturated rings. The lowest BCUT2D eigenvalue weighted by Crippen LogP contribution is -2.47. The molecule has 1 aliphatic rings. The Morgan fingerprint density at radius 2 is 1.85 bits per heavy atom. The van der Waals surface area contributed by atoms with Crippen LogP contribution in [0.4, 0.5) is 0 Å². The summed E-state index contributed by atoms with van der Waals surface area (Å²) in [5, 5.41) is 4.87. The van der Waals surface area contributed by atoms with Gasteiger partial charge in [0.05, 0.1) is 17.6 Å². The summed E-state index contributed by atoms with van der Waals surface area (Å²) in [4.78, 5) is 16.2. The van der Waals surface area contributed by atoms with E-state index in [2.05, 4.69) is 27.1 Å². The zero-order chi connectivity index (χ0) is 23.8. The van der Waals surface area contributed by atoms with Crippen molar-refractivity contribution in [1.82, 2.24) is 14.9 Å². The summed E-state index contributed by atoms with van der Waals surface area (Å²) in [6.45, 7) is 3.80. The average Bonchev–Trinajstić information content (AvgIpc) is 3.37. The van der Waals surface area contributed by atoms with E-state index in [0.29, 0.717) is 31.7 Å². The van der Waals surface area contributed by atoms with E-state index in [-0.39, 0.29) is 16.9 Å². The van der Waals surface area contributed by atoms with Crippen molar-refractivity contribution >= 4 is 27.3 Å². The monoisotopic (exact) mass is 499 g/mol. The highest BCUT2D eigenvalue weighted by molar-refractivity contribution is 7.89. The van der Waals surface area contributed by atoms with Gasteiger partial charge in [0.1, 0.15) is 0 Å². The summed E-state index contributed by atoms with van der Waals surface area (Å²) in [5.74, 6) is -0.251. The average molecular weight is 500 g/mol. The van der Waals surface area contributed by atoms with Crippen LogP contribution >= 0.6 is 11.3 Å². The fourth-order valence-electron chi connectivity index (χ4n) is 3.83. The van der Waals surface area contributed by atoms with E-state index in [0.717, 1.165) is 24.5 Å². The van der Waals surface area contributed by atoms with Crippen molar-refractivity contribution in [3.8, 4) is 0 Å². The van der Waals surface area contributed by atoms with Crippen molar-refractivity contribution in [2.24, 2.45) is 0 Å². The van der Waals surface area contributed by atoms with Crippen LogP contribution in [-0.2, 0) is 27.7 Å². The first-order valence-corrected chi connectivity index (χ1v) is 13.6. The number of carbonyl (C=O) groups excluding carboxylic acids is 1. The molecule has 9 heteroatoms. The SMILES string of the molecule is O=C(NCC1CN(Cc2ccccc2)CCO1)c1ccc(S(=O)(=O)NCCc2cccs2)cc1. The number of nitrogens with zero attached hydrogens (tertiary/aromatic N) is 1. The molecule has 2 N–H and O–H groups in total. The first-order valence-electron chi connectivity index (χ1n) is 11.3. The number of morpholine rings is 1. The quantitative estimate of drug-likeness (QED) is 0.448. The van der Waals surface area contributed by atoms with E-state index in [1.165, 1.54) is 29.8 Å². The van der Waals surface area contributed by atoms with E-state index in [1.807, 2.05) is 35.7 Å². The molecule has 1 amide bonds. The maximum Gasteiger partial charge on any atom is 0.251 e. The van der Waals surface area contributed by atoms with Crippen LogP contribution in [0.1, 0.15) is 20.8 Å². The lowest BCUT2D eigenvalue weighted by molar-refractivity contribution is -0.0292. The van der Waals surface area contributed by atoms with Crippen LogP contribution in [0, 0.1) is 0 Å². The Hall–Kier alpha value is -2.56. The van der Waals surface area contributed by atoms with Crippen molar-refractivity contribution in [1.29, 1.82) is 0 Å². The minimum atomic E-state index is -3.62. The van der Waals surface area contributed by atoms with E-state index in [4.69, 9.17) is 4.74 Å². The van der Waals surface area contributed by atoms with Crippen LogP contribution in [-0.4, -0.2) is 58.1 Å². The summed E-state index contributed by atoms with van der Waals surface area (Å²) in [7, 11) is -3.62. The Labute approximate surface area is 204 Å². The number of hydrogen-bond donors (Lipinski definition) is 2. The maximum atomic E-state index is 12.6. The summed E-state index contributed by atoms with van der Waals surface area (Å²) < 4.78 is 33.4. The van der Waals surface area contributed by atoms with E-state index in [1.54, 1.807) is 11.3 Å². The molecule has 1 unspecified atom stereocenters. The number of ether oxygens (including phenoxy) is 1. The molecule has 0 spiro atoms. The predicted octanol–water partition coefficient (Wildman–Crippen LogP) is 2.90. The second-order valence-corrected chi connectivity index (χ2v) is 11.0. The molecule has 4 rings (SSSR count). The van der Waals surface area contributed by atoms with E-state index < -0.39 is 10.0 Å². The van der Waals surface area contributed by atoms with Gasteiger partial charge in [0.2, 0.25) is 10.0 Å². The van der Waals surface area contributed by atoms with Crippen LogP contribution in [0.5, 0.6) is 0 Å². The Morgan fingerprint density at radius 1 is 1.06 bits per heavy atom. The van der Waals surface area contributed by atoms with Gasteiger partial charge >= 0.3 is 0 Å². The highest BCUT2D eigenvalue weighted by Gasteiger charge is 2.21. The number of rotatable bonds is 10. The topological polar surface area (TPSA) is 87.7 Å². The summed E-state index contributed by atoms with van der Waals surface area (Å²) in [6.07, 6.45) is 0.553. The normalized spacial score (nSPS) is 16.9. The maximum absolute atomic E-state index is 12.6. The highest BCUT2D eigenvalue weighted by atomic mass is 32.2. The van der Waals surface area contributed by atoms with Crippen LogP contribution in [0.2, 0.25) is 0 Å². The van der Waals surface area contributed by atoms with Gasteiger partial charge < -0.3 is 10.1 Å². The second kappa shape index (κ2) is 11.7. The molecule has 1 aliphatic heterocycles. The second-order valence-electron chi connectivity index (χ2n) is 8.18. The number of hydrogen-bond acceptors (Lipinski definition) is 6. The zero-order valence-electron chi connectivity index (χ0n) is 18.9. The van der Waals surface area contributed by atoms with Gasteiger partial charge in [0.15, 0.2) is 0 Å². The van der Waals surface area contributed by atoms with Crippen molar-refractivity contribution in [3.63, 3.8) is 0 Å². The van der Waals surface area contributed by atoms with Crippen molar-refractivity contribution in [2.75, 3.05) is 32.8 Å². The lowest BCUT2D eigenvalue weighted by Gasteiger charge is -2.33. The first-order chi connectivity index (χ1) is 16.5. The molecule has 34 heavy (non-hydrogen) atoms. The molecule has 3 aromatic rings. The number of nitrogens with one attached hydrogen (secondary N) is 2. The molecule has 0 bridgehead atoms. The summed E-state index contributed by atoms with van der Waals surface area (Å²) >= 11 is 1.60. The van der Waals surface area contributed by atoms with Crippen LogP contribution in [0.15, 0.2) is 77.0 Å². The number of sulfonamides is 1. The predicted molar refractivity (Wildman–Crippen MR) is 133 cm³/mol. The van der Waals surface area contributed by atoms with Gasteiger partial charge in [0, 0.05) is 43.2 Å². The van der Waals surface area contributed by atoms with Crippen LogP contribution in [0.3, 0.4) is 0 Å². The zero-order valence-corrected chi connectivity index (χ0v) is 20.5. The molecule has 0 radical (unpaired) electrons. The van der Waals surface area contributed by atoms with Gasteiger partial charge in [-0.2, -0.15) is 0 Å². The Morgan fingerprint density at radius 3 is 2.59 bits per heavy atom. The van der Waals surface area contributed by atoms with Gasteiger partial charge in [0.25, 0.3) is 5.91 Å². The van der Waals surface area contributed by atoms with E-state index >= 15 is 0 Å². The minimum absolute atomic E-state index is 0.0893. The third kappa shape index (κ3) is 6.97. The van der Waals surface area contributed by atoms with Gasteiger partial charge in [-0.05, 0) is 47.7 Å². The molecule has 180 valence electrons.